The Labute approximate surface area is 119 Å². The van der Waals surface area contributed by atoms with Gasteiger partial charge in [0.15, 0.2) is 0 Å². The third-order valence-electron chi connectivity index (χ3n) is 3.40. The predicted molar refractivity (Wildman–Crippen MR) is 77.0 cm³/mol. The van der Waals surface area contributed by atoms with Crippen LogP contribution < -0.4 is 10.6 Å². The van der Waals surface area contributed by atoms with Crippen LogP contribution in [0.1, 0.15) is 39.3 Å². The second-order valence-corrected chi connectivity index (χ2v) is 5.07. The summed E-state index contributed by atoms with van der Waals surface area (Å²) in [6.07, 6.45) is 5.45. The summed E-state index contributed by atoms with van der Waals surface area (Å²) < 4.78 is 0. The summed E-state index contributed by atoms with van der Waals surface area (Å²) in [5.41, 5.74) is 1.01. The number of H-pyrrole nitrogens is 1. The Hall–Kier alpha value is -1.85. The molecule has 3 N–H and O–H groups in total. The molecule has 1 aromatic rings. The van der Waals surface area contributed by atoms with Gasteiger partial charge in [-0.05, 0) is 5.92 Å². The molecule has 1 rings (SSSR count). The lowest BCUT2D eigenvalue weighted by molar-refractivity contribution is -0.122. The van der Waals surface area contributed by atoms with Crippen molar-refractivity contribution in [1.29, 1.82) is 0 Å². The normalized spacial score (nSPS) is 13.6. The molecule has 0 aromatic carbocycles. The van der Waals surface area contributed by atoms with Gasteiger partial charge in [0, 0.05) is 44.2 Å². The average Bonchev–Trinajstić information content (AvgIpc) is 2.89. The molecule has 6 nitrogen and oxygen atoms in total. The molecule has 1 heterocycles. The van der Waals surface area contributed by atoms with Crippen LogP contribution in [0.4, 0.5) is 0 Å². The molecule has 0 saturated heterocycles. The van der Waals surface area contributed by atoms with E-state index < -0.39 is 0 Å². The van der Waals surface area contributed by atoms with Crippen LogP contribution in [-0.4, -0.2) is 34.4 Å². The van der Waals surface area contributed by atoms with Crippen LogP contribution in [0.15, 0.2) is 12.5 Å². The second-order valence-electron chi connectivity index (χ2n) is 5.07. The number of aromatic nitrogens is 2. The van der Waals surface area contributed by atoms with Gasteiger partial charge in [0.2, 0.25) is 11.8 Å². The van der Waals surface area contributed by atoms with E-state index in [1.165, 1.54) is 6.92 Å². The number of hydrogen-bond donors (Lipinski definition) is 3. The molecule has 20 heavy (non-hydrogen) atoms. The van der Waals surface area contributed by atoms with E-state index in [-0.39, 0.29) is 17.9 Å². The zero-order chi connectivity index (χ0) is 15.0. The van der Waals surface area contributed by atoms with Crippen LogP contribution >= 0.6 is 0 Å². The quantitative estimate of drug-likeness (QED) is 0.664. The fourth-order valence-electron chi connectivity index (χ4n) is 1.94. The van der Waals surface area contributed by atoms with Crippen LogP contribution in [0, 0.1) is 5.92 Å². The van der Waals surface area contributed by atoms with Crippen LogP contribution in [0.25, 0.3) is 0 Å². The van der Waals surface area contributed by atoms with Gasteiger partial charge in [-0.15, -0.1) is 0 Å². The summed E-state index contributed by atoms with van der Waals surface area (Å²) in [5.74, 6) is 0.223. The number of carbonyl (C=O) groups excluding carboxylic acids is 2. The largest absolute Gasteiger partial charge is 0.356 e. The molecule has 2 amide bonds. The number of hydrogen-bond acceptors (Lipinski definition) is 3. The first kappa shape index (κ1) is 16.2. The molecule has 0 aliphatic heterocycles. The minimum absolute atomic E-state index is 0.0384. The van der Waals surface area contributed by atoms with Crippen molar-refractivity contribution in [3.63, 3.8) is 0 Å². The Morgan fingerprint density at radius 1 is 1.45 bits per heavy atom. The molecule has 0 bridgehead atoms. The van der Waals surface area contributed by atoms with Crippen LogP contribution in [0.5, 0.6) is 0 Å². The van der Waals surface area contributed by atoms with Gasteiger partial charge in [-0.3, -0.25) is 9.59 Å². The van der Waals surface area contributed by atoms with Crippen molar-refractivity contribution in [3.8, 4) is 0 Å². The van der Waals surface area contributed by atoms with E-state index in [1.807, 2.05) is 0 Å². The molecule has 0 fully saturated rings. The summed E-state index contributed by atoms with van der Waals surface area (Å²) in [6.45, 7) is 6.04. The summed E-state index contributed by atoms with van der Waals surface area (Å²) in [5, 5.41) is 5.66. The Morgan fingerprint density at radius 2 is 2.20 bits per heavy atom. The average molecular weight is 280 g/mol. The molecule has 1 aromatic heterocycles. The van der Waals surface area contributed by atoms with Crippen molar-refractivity contribution >= 4 is 11.8 Å². The van der Waals surface area contributed by atoms with E-state index in [9.17, 15) is 9.59 Å². The van der Waals surface area contributed by atoms with Crippen molar-refractivity contribution in [2.24, 2.45) is 5.92 Å². The molecule has 0 unspecified atom stereocenters. The van der Waals surface area contributed by atoms with Gasteiger partial charge in [-0.1, -0.05) is 20.3 Å². The summed E-state index contributed by atoms with van der Waals surface area (Å²) in [6, 6.07) is 0.0743. The van der Waals surface area contributed by atoms with Gasteiger partial charge in [0.1, 0.15) is 0 Å². The van der Waals surface area contributed by atoms with Crippen molar-refractivity contribution in [3.05, 3.63) is 18.2 Å². The first-order valence-electron chi connectivity index (χ1n) is 7.04. The van der Waals surface area contributed by atoms with Crippen molar-refractivity contribution in [1.82, 2.24) is 20.6 Å². The smallest absolute Gasteiger partial charge is 0.222 e. The summed E-state index contributed by atoms with van der Waals surface area (Å²) in [4.78, 5) is 29.7. The highest BCUT2D eigenvalue weighted by atomic mass is 16.2. The molecule has 0 aliphatic rings. The summed E-state index contributed by atoms with van der Waals surface area (Å²) >= 11 is 0. The SMILES string of the molecule is CC[C@H](C)[C@H](Cc1cnc[nH]1)NC(=O)CCNC(C)=O. The van der Waals surface area contributed by atoms with Gasteiger partial charge in [-0.25, -0.2) is 4.98 Å². The van der Waals surface area contributed by atoms with E-state index >= 15 is 0 Å². The number of nitrogens with zero attached hydrogens (tertiary/aromatic N) is 1. The lowest BCUT2D eigenvalue weighted by Crippen LogP contribution is -2.42. The van der Waals surface area contributed by atoms with Crippen molar-refractivity contribution in [2.45, 2.75) is 46.1 Å². The molecule has 0 saturated carbocycles. The van der Waals surface area contributed by atoms with Crippen molar-refractivity contribution in [2.75, 3.05) is 6.54 Å². The van der Waals surface area contributed by atoms with Crippen LogP contribution in [0.2, 0.25) is 0 Å². The zero-order valence-corrected chi connectivity index (χ0v) is 12.4. The fourth-order valence-corrected chi connectivity index (χ4v) is 1.94. The first-order valence-corrected chi connectivity index (χ1v) is 7.04. The molecule has 112 valence electrons. The van der Waals surface area contributed by atoms with E-state index in [2.05, 4.69) is 34.4 Å². The zero-order valence-electron chi connectivity index (χ0n) is 12.4. The highest BCUT2D eigenvalue weighted by molar-refractivity contribution is 5.78. The number of nitrogens with one attached hydrogen (secondary N) is 3. The maximum Gasteiger partial charge on any atom is 0.222 e. The number of aromatic amines is 1. The number of amides is 2. The maximum atomic E-state index is 11.9. The molecular formula is C14H24N4O2. The highest BCUT2D eigenvalue weighted by Crippen LogP contribution is 2.12. The standard InChI is InChI=1S/C14H24N4O2/c1-4-10(2)13(7-12-8-15-9-17-12)18-14(20)5-6-16-11(3)19/h8-10,13H,4-7H2,1-3H3,(H,15,17)(H,16,19)(H,18,20)/t10-,13-/m0/s1. The topological polar surface area (TPSA) is 86.9 Å². The monoisotopic (exact) mass is 280 g/mol. The Balaban J connectivity index is 2.47. The van der Waals surface area contributed by atoms with Crippen molar-refractivity contribution < 1.29 is 9.59 Å². The minimum atomic E-state index is -0.117. The Bertz CT molecular complexity index is 417. The molecule has 0 radical (unpaired) electrons. The van der Waals surface area contributed by atoms with E-state index in [0.717, 1.165) is 18.5 Å². The fraction of sp³-hybridized carbons (Fsp3) is 0.643. The number of rotatable bonds is 8. The third kappa shape index (κ3) is 5.86. The highest BCUT2D eigenvalue weighted by Gasteiger charge is 2.19. The molecular weight excluding hydrogens is 256 g/mol. The maximum absolute atomic E-state index is 11.9. The van der Waals surface area contributed by atoms with Crippen LogP contribution in [0.3, 0.4) is 0 Å². The Morgan fingerprint density at radius 3 is 2.75 bits per heavy atom. The summed E-state index contributed by atoms with van der Waals surface area (Å²) in [7, 11) is 0. The molecule has 0 spiro atoms. The minimum Gasteiger partial charge on any atom is -0.356 e. The van der Waals surface area contributed by atoms with Gasteiger partial charge in [0.05, 0.1) is 6.33 Å². The number of carbonyl (C=O) groups is 2. The molecule has 0 aliphatic carbocycles. The molecule has 6 heteroatoms. The van der Waals surface area contributed by atoms with Gasteiger partial charge >= 0.3 is 0 Å². The second kappa shape index (κ2) is 8.35. The van der Waals surface area contributed by atoms with E-state index in [4.69, 9.17) is 0 Å². The van der Waals surface area contributed by atoms with Gasteiger partial charge in [0.25, 0.3) is 0 Å². The Kier molecular flexibility index (Phi) is 6.76. The third-order valence-corrected chi connectivity index (χ3v) is 3.40. The van der Waals surface area contributed by atoms with E-state index in [0.29, 0.717) is 18.9 Å². The van der Waals surface area contributed by atoms with Crippen LogP contribution in [-0.2, 0) is 16.0 Å². The first-order chi connectivity index (χ1) is 9.52. The lowest BCUT2D eigenvalue weighted by Gasteiger charge is -2.24. The molecule has 2 atom stereocenters. The van der Waals surface area contributed by atoms with E-state index in [1.54, 1.807) is 12.5 Å². The van der Waals surface area contributed by atoms with Gasteiger partial charge < -0.3 is 15.6 Å². The predicted octanol–water partition coefficient (Wildman–Crippen LogP) is 1.01. The number of imidazole rings is 1. The lowest BCUT2D eigenvalue weighted by atomic mass is 9.95. The van der Waals surface area contributed by atoms with Gasteiger partial charge in [-0.2, -0.15) is 0 Å².